The Labute approximate surface area is 138 Å². The van der Waals surface area contributed by atoms with Crippen LogP contribution in [0.25, 0.3) is 6.08 Å². The van der Waals surface area contributed by atoms with Crippen LogP contribution in [0.4, 0.5) is 8.78 Å². The lowest BCUT2D eigenvalue weighted by molar-refractivity contribution is -0.0512. The minimum absolute atomic E-state index is 0.0688. The number of hydrogen-bond acceptors (Lipinski definition) is 4. The van der Waals surface area contributed by atoms with Gasteiger partial charge in [-0.2, -0.15) is 8.78 Å². The van der Waals surface area contributed by atoms with Crippen molar-refractivity contribution in [3.05, 3.63) is 59.7 Å². The first kappa shape index (κ1) is 17.5. The molecule has 0 N–H and O–H groups in total. The molecule has 2 aromatic rings. The van der Waals surface area contributed by atoms with Crippen molar-refractivity contribution in [1.82, 2.24) is 0 Å². The number of carbonyl (C=O) groups is 1. The fraction of sp³-hybridized carbons (Fsp3) is 0.167. The van der Waals surface area contributed by atoms with E-state index in [2.05, 4.69) is 4.74 Å². The number of para-hydroxylation sites is 1. The molecule has 2 aromatic carbocycles. The lowest BCUT2D eigenvalue weighted by atomic mass is 10.1. The number of benzene rings is 2. The number of hydrogen-bond donors (Lipinski definition) is 0. The van der Waals surface area contributed by atoms with Crippen molar-refractivity contribution in [2.45, 2.75) is 6.61 Å². The Kier molecular flexibility index (Phi) is 5.89. The van der Waals surface area contributed by atoms with Gasteiger partial charge in [-0.25, -0.2) is 0 Å². The molecule has 2 rings (SSSR count). The molecule has 0 amide bonds. The summed E-state index contributed by atoms with van der Waals surface area (Å²) < 4.78 is 39.1. The van der Waals surface area contributed by atoms with Crippen LogP contribution in [0.1, 0.15) is 15.9 Å². The summed E-state index contributed by atoms with van der Waals surface area (Å²) in [4.78, 5) is 12.2. The second-order valence-corrected chi connectivity index (χ2v) is 4.69. The molecule has 4 nitrogen and oxygen atoms in total. The predicted molar refractivity (Wildman–Crippen MR) is 86.0 cm³/mol. The van der Waals surface area contributed by atoms with Gasteiger partial charge >= 0.3 is 6.61 Å². The van der Waals surface area contributed by atoms with Gasteiger partial charge in [-0.1, -0.05) is 24.3 Å². The number of ether oxygens (including phenoxy) is 3. The van der Waals surface area contributed by atoms with Crippen molar-refractivity contribution in [3.63, 3.8) is 0 Å². The van der Waals surface area contributed by atoms with E-state index in [1.54, 1.807) is 36.4 Å². The van der Waals surface area contributed by atoms with Crippen LogP contribution in [-0.4, -0.2) is 26.6 Å². The highest BCUT2D eigenvalue weighted by Gasteiger charge is 2.11. The molecule has 126 valence electrons. The van der Waals surface area contributed by atoms with E-state index in [1.165, 1.54) is 32.4 Å². The number of alkyl halides is 2. The standard InChI is InChI=1S/C18H16F2O4/c1-22-15-6-4-3-5-13(15)14(21)9-7-12-8-10-16(24-18(19)20)17(11-12)23-2/h3-11,18H,1-2H3. The Morgan fingerprint density at radius 2 is 1.71 bits per heavy atom. The fourth-order valence-corrected chi connectivity index (χ4v) is 2.09. The second kappa shape index (κ2) is 8.10. The van der Waals surface area contributed by atoms with E-state index in [4.69, 9.17) is 9.47 Å². The van der Waals surface area contributed by atoms with E-state index in [0.717, 1.165) is 0 Å². The van der Waals surface area contributed by atoms with Gasteiger partial charge in [0.25, 0.3) is 0 Å². The average molecular weight is 334 g/mol. The molecule has 0 aliphatic carbocycles. The molecule has 0 aliphatic heterocycles. The Balaban J connectivity index is 2.21. The van der Waals surface area contributed by atoms with Crippen LogP contribution < -0.4 is 14.2 Å². The van der Waals surface area contributed by atoms with Crippen molar-refractivity contribution >= 4 is 11.9 Å². The van der Waals surface area contributed by atoms with E-state index in [0.29, 0.717) is 16.9 Å². The quantitative estimate of drug-likeness (QED) is 0.562. The fourth-order valence-electron chi connectivity index (χ4n) is 2.09. The molecule has 0 fully saturated rings. The SMILES string of the molecule is COc1cc(C=CC(=O)c2ccccc2OC)ccc1OC(F)F. The number of rotatable bonds is 7. The largest absolute Gasteiger partial charge is 0.496 e. The average Bonchev–Trinajstić information content (AvgIpc) is 2.60. The normalized spacial score (nSPS) is 10.9. The monoisotopic (exact) mass is 334 g/mol. The molecule has 0 radical (unpaired) electrons. The van der Waals surface area contributed by atoms with Gasteiger partial charge in [-0.3, -0.25) is 4.79 Å². The van der Waals surface area contributed by atoms with E-state index >= 15 is 0 Å². The minimum Gasteiger partial charge on any atom is -0.496 e. The first-order valence-electron chi connectivity index (χ1n) is 7.03. The van der Waals surface area contributed by atoms with Crippen molar-refractivity contribution in [2.75, 3.05) is 14.2 Å². The van der Waals surface area contributed by atoms with Crippen molar-refractivity contribution in [3.8, 4) is 17.2 Å². The molecule has 0 aromatic heterocycles. The highest BCUT2D eigenvalue weighted by molar-refractivity contribution is 6.08. The first-order valence-corrected chi connectivity index (χ1v) is 7.03. The number of methoxy groups -OCH3 is 2. The van der Waals surface area contributed by atoms with Crippen LogP contribution in [0.5, 0.6) is 17.2 Å². The highest BCUT2D eigenvalue weighted by atomic mass is 19.3. The number of ketones is 1. The van der Waals surface area contributed by atoms with Gasteiger partial charge in [0.15, 0.2) is 17.3 Å². The maximum atomic E-state index is 12.3. The molecule has 6 heteroatoms. The Morgan fingerprint density at radius 1 is 1.00 bits per heavy atom. The van der Waals surface area contributed by atoms with E-state index in [1.807, 2.05) is 0 Å². The van der Waals surface area contributed by atoms with Gasteiger partial charge in [-0.15, -0.1) is 0 Å². The Morgan fingerprint density at radius 3 is 2.38 bits per heavy atom. The summed E-state index contributed by atoms with van der Waals surface area (Å²) in [6.07, 6.45) is 2.93. The van der Waals surface area contributed by atoms with Gasteiger partial charge < -0.3 is 14.2 Å². The Bertz CT molecular complexity index is 742. The maximum absolute atomic E-state index is 12.3. The van der Waals surface area contributed by atoms with Crippen LogP contribution in [0.15, 0.2) is 48.5 Å². The molecule has 0 atom stereocenters. The molecule has 0 aliphatic rings. The van der Waals surface area contributed by atoms with Crippen molar-refractivity contribution in [1.29, 1.82) is 0 Å². The van der Waals surface area contributed by atoms with Gasteiger partial charge in [0, 0.05) is 0 Å². The maximum Gasteiger partial charge on any atom is 0.387 e. The molecule has 0 saturated heterocycles. The summed E-state index contributed by atoms with van der Waals surface area (Å²) in [5.41, 5.74) is 1.04. The van der Waals surface area contributed by atoms with Gasteiger partial charge in [-0.05, 0) is 35.9 Å². The van der Waals surface area contributed by atoms with Gasteiger partial charge in [0.1, 0.15) is 5.75 Å². The molecule has 24 heavy (non-hydrogen) atoms. The summed E-state index contributed by atoms with van der Waals surface area (Å²) in [6, 6.07) is 11.3. The summed E-state index contributed by atoms with van der Waals surface area (Å²) >= 11 is 0. The molecule has 0 spiro atoms. The topological polar surface area (TPSA) is 44.8 Å². The molecule has 0 saturated carbocycles. The zero-order valence-corrected chi connectivity index (χ0v) is 13.2. The third kappa shape index (κ3) is 4.32. The van der Waals surface area contributed by atoms with E-state index < -0.39 is 6.61 Å². The van der Waals surface area contributed by atoms with Gasteiger partial charge in [0.2, 0.25) is 0 Å². The molecule has 0 bridgehead atoms. The molecule has 0 heterocycles. The first-order chi connectivity index (χ1) is 11.5. The number of allylic oxidation sites excluding steroid dienone is 1. The van der Waals surface area contributed by atoms with E-state index in [9.17, 15) is 13.6 Å². The minimum atomic E-state index is -2.94. The lowest BCUT2D eigenvalue weighted by Gasteiger charge is -2.10. The molecular weight excluding hydrogens is 318 g/mol. The zero-order chi connectivity index (χ0) is 17.5. The highest BCUT2D eigenvalue weighted by Crippen LogP contribution is 2.30. The zero-order valence-electron chi connectivity index (χ0n) is 13.2. The summed E-state index contributed by atoms with van der Waals surface area (Å²) in [6.45, 7) is -2.94. The third-order valence-electron chi connectivity index (χ3n) is 3.20. The summed E-state index contributed by atoms with van der Waals surface area (Å²) in [5.74, 6) is 0.327. The third-order valence-corrected chi connectivity index (χ3v) is 3.20. The molecule has 0 unspecified atom stereocenters. The van der Waals surface area contributed by atoms with Crippen LogP contribution in [0.3, 0.4) is 0 Å². The second-order valence-electron chi connectivity index (χ2n) is 4.69. The summed E-state index contributed by atoms with van der Waals surface area (Å²) in [7, 11) is 2.84. The van der Waals surface area contributed by atoms with Crippen LogP contribution in [0, 0.1) is 0 Å². The number of carbonyl (C=O) groups excluding carboxylic acids is 1. The number of halogens is 2. The van der Waals surface area contributed by atoms with Gasteiger partial charge in [0.05, 0.1) is 19.8 Å². The predicted octanol–water partition coefficient (Wildman–Crippen LogP) is 4.20. The van der Waals surface area contributed by atoms with Crippen molar-refractivity contribution in [2.24, 2.45) is 0 Å². The molecular formula is C18H16F2O4. The van der Waals surface area contributed by atoms with Crippen LogP contribution >= 0.6 is 0 Å². The summed E-state index contributed by atoms with van der Waals surface area (Å²) in [5, 5.41) is 0. The Hall–Kier alpha value is -2.89. The lowest BCUT2D eigenvalue weighted by Crippen LogP contribution is -2.03. The van der Waals surface area contributed by atoms with E-state index in [-0.39, 0.29) is 17.3 Å². The smallest absolute Gasteiger partial charge is 0.387 e. The van der Waals surface area contributed by atoms with Crippen LogP contribution in [-0.2, 0) is 0 Å². The van der Waals surface area contributed by atoms with Crippen LogP contribution in [0.2, 0.25) is 0 Å². The van der Waals surface area contributed by atoms with Crippen molar-refractivity contribution < 1.29 is 27.8 Å².